The van der Waals surface area contributed by atoms with Crippen molar-refractivity contribution in [3.63, 3.8) is 0 Å². The van der Waals surface area contributed by atoms with E-state index in [0.717, 1.165) is 36.8 Å². The molecule has 0 aromatic heterocycles. The van der Waals surface area contributed by atoms with Crippen LogP contribution in [0.1, 0.15) is 63.6 Å². The molecular weight excluding hydrogens is 456 g/mol. The fourth-order valence-corrected chi connectivity index (χ4v) is 5.65. The molecule has 30 heavy (non-hydrogen) atoms. The maximum atomic E-state index is 13.6. The summed E-state index contributed by atoms with van der Waals surface area (Å²) in [6.07, 6.45) is 3.65. The largest absolute Gasteiger partial charge is 0.493 e. The standard InChI is InChI=1S/C23H32BrF2NO3/c1-22(2,3)30-15-5-6-18-17-11-19(28-4)21(29-13-14-7-9-23(14,25)26)20(24)16(17)8-10-27(18)12-15/h11,14-15,18H,5-10,12-13H2,1-4H3. The van der Waals surface area contributed by atoms with Crippen LogP contribution in [0.2, 0.25) is 0 Å². The van der Waals surface area contributed by atoms with E-state index in [1.54, 1.807) is 7.11 Å². The number of ether oxygens (including phenoxy) is 3. The van der Waals surface area contributed by atoms with Gasteiger partial charge in [0.05, 0.1) is 35.8 Å². The SMILES string of the molecule is COc1cc2c(c(Br)c1OCC1CCC1(F)F)CCN1CC(OC(C)(C)C)CCC21. The van der Waals surface area contributed by atoms with E-state index in [1.165, 1.54) is 11.1 Å². The lowest BCUT2D eigenvalue weighted by Gasteiger charge is -2.45. The summed E-state index contributed by atoms with van der Waals surface area (Å²) in [7, 11) is 1.60. The zero-order chi connectivity index (χ0) is 21.7. The Hall–Kier alpha value is -0.920. The zero-order valence-corrected chi connectivity index (χ0v) is 19.9. The van der Waals surface area contributed by atoms with E-state index >= 15 is 0 Å². The van der Waals surface area contributed by atoms with Gasteiger partial charge >= 0.3 is 0 Å². The summed E-state index contributed by atoms with van der Waals surface area (Å²) in [5.41, 5.74) is 2.32. The van der Waals surface area contributed by atoms with Crippen LogP contribution in [0.25, 0.3) is 0 Å². The van der Waals surface area contributed by atoms with Crippen molar-refractivity contribution in [1.29, 1.82) is 0 Å². The van der Waals surface area contributed by atoms with Crippen LogP contribution in [0.5, 0.6) is 11.5 Å². The molecule has 4 rings (SSSR count). The van der Waals surface area contributed by atoms with Gasteiger partial charge in [-0.15, -0.1) is 0 Å². The van der Waals surface area contributed by atoms with Crippen LogP contribution in [0, 0.1) is 5.92 Å². The number of halogens is 3. The number of nitrogens with zero attached hydrogens (tertiary/aromatic N) is 1. The van der Waals surface area contributed by atoms with Crippen LogP contribution >= 0.6 is 15.9 Å². The van der Waals surface area contributed by atoms with Crippen molar-refractivity contribution < 1.29 is 23.0 Å². The first-order valence-electron chi connectivity index (χ1n) is 10.9. The summed E-state index contributed by atoms with van der Waals surface area (Å²) in [5.74, 6) is -2.16. The molecule has 0 radical (unpaired) electrons. The number of methoxy groups -OCH3 is 1. The Morgan fingerprint density at radius 1 is 1.23 bits per heavy atom. The molecule has 2 fully saturated rings. The van der Waals surface area contributed by atoms with Crippen LogP contribution in [-0.4, -0.2) is 49.3 Å². The summed E-state index contributed by atoms with van der Waals surface area (Å²) in [6.45, 7) is 8.21. The molecule has 3 aliphatic rings. The predicted octanol–water partition coefficient (Wildman–Crippen LogP) is 5.76. The van der Waals surface area contributed by atoms with Crippen molar-refractivity contribution in [3.8, 4) is 11.5 Å². The minimum atomic E-state index is -2.61. The fraction of sp³-hybridized carbons (Fsp3) is 0.739. The van der Waals surface area contributed by atoms with Gasteiger partial charge in [0.2, 0.25) is 0 Å². The molecule has 1 aromatic carbocycles. The molecule has 7 heteroatoms. The molecule has 3 unspecified atom stereocenters. The second kappa shape index (κ2) is 8.21. The molecule has 0 amide bonds. The quantitative estimate of drug-likeness (QED) is 0.528. The smallest absolute Gasteiger partial charge is 0.254 e. The number of benzene rings is 1. The second-order valence-electron chi connectivity index (χ2n) is 9.79. The number of rotatable bonds is 5. The summed E-state index contributed by atoms with van der Waals surface area (Å²) < 4.78 is 45.9. The van der Waals surface area contributed by atoms with Gasteiger partial charge in [0.1, 0.15) is 0 Å². The molecule has 0 N–H and O–H groups in total. The first-order chi connectivity index (χ1) is 14.1. The van der Waals surface area contributed by atoms with Gasteiger partial charge in [0.15, 0.2) is 11.5 Å². The lowest BCUT2D eigenvalue weighted by atomic mass is 9.81. The number of piperidine rings is 1. The normalized spacial score (nSPS) is 28.3. The van der Waals surface area contributed by atoms with E-state index in [-0.39, 0.29) is 24.7 Å². The minimum absolute atomic E-state index is 0.0160. The molecule has 168 valence electrons. The fourth-order valence-electron chi connectivity index (χ4n) is 4.92. The molecule has 2 aliphatic heterocycles. The molecule has 1 saturated carbocycles. The van der Waals surface area contributed by atoms with Crippen LogP contribution in [0.4, 0.5) is 8.78 Å². The van der Waals surface area contributed by atoms with Gasteiger partial charge in [0.25, 0.3) is 5.92 Å². The summed E-state index contributed by atoms with van der Waals surface area (Å²) in [4.78, 5) is 2.50. The van der Waals surface area contributed by atoms with Gasteiger partial charge in [-0.1, -0.05) is 0 Å². The summed E-state index contributed by atoms with van der Waals surface area (Å²) >= 11 is 3.71. The molecular formula is C23H32BrF2NO3. The van der Waals surface area contributed by atoms with E-state index in [0.29, 0.717) is 24.0 Å². The third-order valence-corrected chi connectivity index (χ3v) is 7.40. The zero-order valence-electron chi connectivity index (χ0n) is 18.3. The van der Waals surface area contributed by atoms with Crippen LogP contribution < -0.4 is 9.47 Å². The Morgan fingerprint density at radius 3 is 2.60 bits per heavy atom. The lowest BCUT2D eigenvalue weighted by Crippen LogP contribution is -2.47. The van der Waals surface area contributed by atoms with Crippen molar-refractivity contribution in [2.75, 3.05) is 26.8 Å². The van der Waals surface area contributed by atoms with E-state index in [1.807, 2.05) is 0 Å². The Balaban J connectivity index is 1.53. The van der Waals surface area contributed by atoms with Gasteiger partial charge in [-0.2, -0.15) is 0 Å². The number of hydrogen-bond acceptors (Lipinski definition) is 4. The molecule has 3 atom stereocenters. The average molecular weight is 488 g/mol. The van der Waals surface area contributed by atoms with E-state index in [9.17, 15) is 8.78 Å². The van der Waals surface area contributed by atoms with Gasteiger partial charge in [0, 0.05) is 25.6 Å². The highest BCUT2D eigenvalue weighted by molar-refractivity contribution is 9.10. The van der Waals surface area contributed by atoms with Crippen molar-refractivity contribution in [3.05, 3.63) is 21.7 Å². The molecule has 1 saturated heterocycles. The van der Waals surface area contributed by atoms with Gasteiger partial charge < -0.3 is 14.2 Å². The topological polar surface area (TPSA) is 30.9 Å². The van der Waals surface area contributed by atoms with E-state index in [2.05, 4.69) is 47.7 Å². The highest BCUT2D eigenvalue weighted by atomic mass is 79.9. The Morgan fingerprint density at radius 2 is 2.00 bits per heavy atom. The maximum Gasteiger partial charge on any atom is 0.254 e. The molecule has 1 aromatic rings. The monoisotopic (exact) mass is 487 g/mol. The van der Waals surface area contributed by atoms with Crippen LogP contribution in [0.15, 0.2) is 10.5 Å². The van der Waals surface area contributed by atoms with Gasteiger partial charge in [-0.25, -0.2) is 8.78 Å². The van der Waals surface area contributed by atoms with Crippen molar-refractivity contribution >= 4 is 15.9 Å². The highest BCUT2D eigenvalue weighted by Gasteiger charge is 2.48. The number of alkyl halides is 2. The number of hydrogen-bond donors (Lipinski definition) is 0. The van der Waals surface area contributed by atoms with E-state index < -0.39 is 11.8 Å². The Kier molecular flexibility index (Phi) is 6.10. The molecule has 1 aliphatic carbocycles. The first-order valence-corrected chi connectivity index (χ1v) is 11.7. The van der Waals surface area contributed by atoms with Crippen LogP contribution in [0.3, 0.4) is 0 Å². The molecule has 0 bridgehead atoms. The predicted molar refractivity (Wildman–Crippen MR) is 116 cm³/mol. The third kappa shape index (κ3) is 4.35. The van der Waals surface area contributed by atoms with Crippen molar-refractivity contribution in [2.45, 2.75) is 76.5 Å². The average Bonchev–Trinajstić information content (AvgIpc) is 2.66. The lowest BCUT2D eigenvalue weighted by molar-refractivity contribution is -0.143. The molecule has 4 nitrogen and oxygen atoms in total. The van der Waals surface area contributed by atoms with Gasteiger partial charge in [-0.05, 0) is 79.6 Å². The highest BCUT2D eigenvalue weighted by Crippen LogP contribution is 2.49. The number of fused-ring (bicyclic) bond motifs is 3. The van der Waals surface area contributed by atoms with Crippen molar-refractivity contribution in [2.24, 2.45) is 5.92 Å². The summed E-state index contributed by atoms with van der Waals surface area (Å²) in [6, 6.07) is 2.37. The Bertz CT molecular complexity index is 796. The van der Waals surface area contributed by atoms with Crippen LogP contribution in [-0.2, 0) is 11.2 Å². The van der Waals surface area contributed by atoms with Crippen molar-refractivity contribution in [1.82, 2.24) is 4.90 Å². The summed E-state index contributed by atoms with van der Waals surface area (Å²) in [5, 5.41) is 0. The first kappa shape index (κ1) is 22.3. The second-order valence-corrected chi connectivity index (χ2v) is 10.6. The molecule has 2 heterocycles. The third-order valence-electron chi connectivity index (χ3n) is 6.56. The molecule has 0 spiro atoms. The maximum absolute atomic E-state index is 13.6. The minimum Gasteiger partial charge on any atom is -0.493 e. The van der Waals surface area contributed by atoms with E-state index in [4.69, 9.17) is 14.2 Å². The Labute approximate surface area is 186 Å². The van der Waals surface area contributed by atoms with Gasteiger partial charge in [-0.3, -0.25) is 4.90 Å².